The second-order valence-corrected chi connectivity index (χ2v) is 11.7. The molecule has 3 amide bonds. The van der Waals surface area contributed by atoms with Crippen molar-refractivity contribution in [1.29, 1.82) is 0 Å². The lowest BCUT2D eigenvalue weighted by Crippen LogP contribution is -2.55. The first-order chi connectivity index (χ1) is 19.3. The zero-order valence-electron chi connectivity index (χ0n) is 26.7. The predicted octanol–water partition coefficient (Wildman–Crippen LogP) is 5.76. The Bertz CT molecular complexity index is 983. The molecule has 0 fully saturated rings. The molecular formula is C32H53N3O6. The van der Waals surface area contributed by atoms with Gasteiger partial charge in [-0.25, -0.2) is 4.79 Å². The molecule has 0 aliphatic rings. The van der Waals surface area contributed by atoms with Crippen LogP contribution in [0.5, 0.6) is 0 Å². The molecule has 0 aliphatic carbocycles. The summed E-state index contributed by atoms with van der Waals surface area (Å²) in [6.07, 6.45) is 3.62. The SMILES string of the molecule is CCCCCCN(C(=O)C(NC(=O)OC(C)(C)C)C(C)CC)C(C(=O)NCCC(=O)OCC)c1c(C)cccc1C. The van der Waals surface area contributed by atoms with Crippen molar-refractivity contribution in [3.63, 3.8) is 0 Å². The highest BCUT2D eigenvalue weighted by Gasteiger charge is 2.39. The van der Waals surface area contributed by atoms with Crippen molar-refractivity contribution in [2.75, 3.05) is 19.7 Å². The molecular weight excluding hydrogens is 522 g/mol. The molecule has 41 heavy (non-hydrogen) atoms. The Hall–Kier alpha value is -3.10. The number of carbonyl (C=O) groups is 4. The first kappa shape index (κ1) is 35.9. The summed E-state index contributed by atoms with van der Waals surface area (Å²) >= 11 is 0. The van der Waals surface area contributed by atoms with Crippen LogP contribution in [0.25, 0.3) is 0 Å². The molecule has 1 aromatic rings. The Kier molecular flexibility index (Phi) is 15.5. The maximum atomic E-state index is 14.4. The van der Waals surface area contributed by atoms with E-state index in [-0.39, 0.29) is 37.3 Å². The molecule has 1 rings (SSSR count). The number of nitrogens with one attached hydrogen (secondary N) is 2. The van der Waals surface area contributed by atoms with E-state index in [0.29, 0.717) is 19.4 Å². The standard InChI is InChI=1S/C32H53N3O6/c1-10-13-14-15-21-35(30(38)27(22(4)11-2)34-31(39)41-32(7,8)9)28(26-23(5)17-16-18-24(26)6)29(37)33-20-19-25(36)40-12-3/h16-18,22,27-28H,10-15,19-21H2,1-9H3,(H,33,37)(H,34,39). The van der Waals surface area contributed by atoms with Gasteiger partial charge in [0.1, 0.15) is 17.7 Å². The fourth-order valence-corrected chi connectivity index (χ4v) is 4.68. The summed E-state index contributed by atoms with van der Waals surface area (Å²) in [5, 5.41) is 5.68. The number of ether oxygens (including phenoxy) is 2. The van der Waals surface area contributed by atoms with Crippen molar-refractivity contribution in [1.82, 2.24) is 15.5 Å². The summed E-state index contributed by atoms with van der Waals surface area (Å²) in [4.78, 5) is 54.7. The fourth-order valence-electron chi connectivity index (χ4n) is 4.68. The number of alkyl carbamates (subject to hydrolysis) is 1. The van der Waals surface area contributed by atoms with Crippen molar-refractivity contribution in [3.8, 4) is 0 Å². The van der Waals surface area contributed by atoms with Gasteiger partial charge in [0.25, 0.3) is 0 Å². The third-order valence-electron chi connectivity index (χ3n) is 7.00. The molecule has 0 heterocycles. The number of aryl methyl sites for hydroxylation is 2. The average molecular weight is 576 g/mol. The van der Waals surface area contributed by atoms with Gasteiger partial charge in [0.05, 0.1) is 13.0 Å². The highest BCUT2D eigenvalue weighted by atomic mass is 16.6. The van der Waals surface area contributed by atoms with Gasteiger partial charge >= 0.3 is 12.1 Å². The van der Waals surface area contributed by atoms with Crippen LogP contribution in [0.4, 0.5) is 4.79 Å². The van der Waals surface area contributed by atoms with E-state index in [4.69, 9.17) is 9.47 Å². The number of benzene rings is 1. The number of esters is 1. The minimum Gasteiger partial charge on any atom is -0.466 e. The van der Waals surface area contributed by atoms with Crippen LogP contribution in [0.3, 0.4) is 0 Å². The molecule has 9 heteroatoms. The van der Waals surface area contributed by atoms with Crippen LogP contribution in [-0.2, 0) is 23.9 Å². The second-order valence-electron chi connectivity index (χ2n) is 11.7. The van der Waals surface area contributed by atoms with Gasteiger partial charge in [-0.1, -0.05) is 64.7 Å². The number of hydrogen-bond donors (Lipinski definition) is 2. The number of amides is 3. The Morgan fingerprint density at radius 2 is 1.61 bits per heavy atom. The van der Waals surface area contributed by atoms with Crippen molar-refractivity contribution >= 4 is 23.9 Å². The number of hydrogen-bond acceptors (Lipinski definition) is 6. The maximum Gasteiger partial charge on any atom is 0.408 e. The van der Waals surface area contributed by atoms with Gasteiger partial charge in [-0.3, -0.25) is 14.4 Å². The fraction of sp³-hybridized carbons (Fsp3) is 0.688. The Labute approximate surface area is 247 Å². The smallest absolute Gasteiger partial charge is 0.408 e. The van der Waals surface area contributed by atoms with Gasteiger partial charge in [0.15, 0.2) is 0 Å². The number of rotatable bonds is 16. The van der Waals surface area contributed by atoms with Crippen molar-refractivity contribution in [2.24, 2.45) is 5.92 Å². The molecule has 0 radical (unpaired) electrons. The molecule has 3 unspecified atom stereocenters. The molecule has 9 nitrogen and oxygen atoms in total. The van der Waals surface area contributed by atoms with Crippen molar-refractivity contribution in [2.45, 2.75) is 119 Å². The second kappa shape index (κ2) is 17.7. The summed E-state index contributed by atoms with van der Waals surface area (Å²) in [6.45, 7) is 17.5. The minimum atomic E-state index is -0.945. The zero-order valence-corrected chi connectivity index (χ0v) is 26.7. The average Bonchev–Trinajstić information content (AvgIpc) is 2.88. The van der Waals surface area contributed by atoms with Gasteiger partial charge in [0.2, 0.25) is 11.8 Å². The van der Waals surface area contributed by atoms with Gasteiger partial charge < -0.3 is 25.0 Å². The molecule has 2 N–H and O–H groups in total. The van der Waals surface area contributed by atoms with Crippen molar-refractivity contribution in [3.05, 3.63) is 34.9 Å². The van der Waals surface area contributed by atoms with E-state index >= 15 is 0 Å². The minimum absolute atomic E-state index is 0.0270. The van der Waals surface area contributed by atoms with Crippen LogP contribution in [0, 0.1) is 19.8 Å². The number of carbonyl (C=O) groups excluding carboxylic acids is 4. The topological polar surface area (TPSA) is 114 Å². The first-order valence-electron chi connectivity index (χ1n) is 15.1. The van der Waals surface area contributed by atoms with E-state index in [0.717, 1.165) is 36.0 Å². The monoisotopic (exact) mass is 575 g/mol. The quantitative estimate of drug-likeness (QED) is 0.191. The lowest BCUT2D eigenvalue weighted by molar-refractivity contribution is -0.145. The summed E-state index contributed by atoms with van der Waals surface area (Å²) in [7, 11) is 0. The Balaban J connectivity index is 3.57. The highest BCUT2D eigenvalue weighted by Crippen LogP contribution is 2.30. The van der Waals surface area contributed by atoms with Crippen LogP contribution in [0.15, 0.2) is 18.2 Å². The van der Waals surface area contributed by atoms with Gasteiger partial charge in [0, 0.05) is 13.1 Å². The van der Waals surface area contributed by atoms with E-state index in [1.165, 1.54) is 0 Å². The molecule has 0 spiro atoms. The highest BCUT2D eigenvalue weighted by molar-refractivity contribution is 5.93. The Morgan fingerprint density at radius 3 is 2.15 bits per heavy atom. The summed E-state index contributed by atoms with van der Waals surface area (Å²) in [5.74, 6) is -1.33. The largest absolute Gasteiger partial charge is 0.466 e. The normalized spacial score (nSPS) is 13.5. The zero-order chi connectivity index (χ0) is 31.2. The third-order valence-corrected chi connectivity index (χ3v) is 7.00. The van der Waals surface area contributed by atoms with E-state index in [9.17, 15) is 19.2 Å². The molecule has 0 saturated carbocycles. The molecule has 0 bridgehead atoms. The number of nitrogens with zero attached hydrogens (tertiary/aromatic N) is 1. The molecule has 3 atom stereocenters. The summed E-state index contributed by atoms with van der Waals surface area (Å²) < 4.78 is 10.5. The summed E-state index contributed by atoms with van der Waals surface area (Å²) in [5.41, 5.74) is 1.77. The van der Waals surface area contributed by atoms with E-state index in [2.05, 4.69) is 17.6 Å². The molecule has 1 aromatic carbocycles. The Morgan fingerprint density at radius 1 is 0.976 bits per heavy atom. The number of unbranched alkanes of at least 4 members (excludes halogenated alkanes) is 3. The van der Waals surface area contributed by atoms with Gasteiger partial charge in [-0.2, -0.15) is 0 Å². The third kappa shape index (κ3) is 12.1. The molecule has 0 aliphatic heterocycles. The van der Waals surface area contributed by atoms with Gasteiger partial charge in [-0.15, -0.1) is 0 Å². The molecule has 0 aromatic heterocycles. The van der Waals surface area contributed by atoms with Crippen LogP contribution >= 0.6 is 0 Å². The van der Waals surface area contributed by atoms with E-state index in [1.54, 1.807) is 32.6 Å². The maximum absolute atomic E-state index is 14.4. The van der Waals surface area contributed by atoms with Crippen LogP contribution in [0.2, 0.25) is 0 Å². The summed E-state index contributed by atoms with van der Waals surface area (Å²) in [6, 6.07) is 3.93. The molecule has 232 valence electrons. The van der Waals surface area contributed by atoms with E-state index in [1.807, 2.05) is 45.9 Å². The first-order valence-corrected chi connectivity index (χ1v) is 15.1. The van der Waals surface area contributed by atoms with E-state index < -0.39 is 29.7 Å². The van der Waals surface area contributed by atoms with Crippen LogP contribution in [0.1, 0.15) is 110 Å². The lowest BCUT2D eigenvalue weighted by Gasteiger charge is -2.37. The van der Waals surface area contributed by atoms with Crippen LogP contribution < -0.4 is 10.6 Å². The van der Waals surface area contributed by atoms with Crippen LogP contribution in [-0.4, -0.2) is 60.1 Å². The lowest BCUT2D eigenvalue weighted by atomic mass is 9.91. The molecule has 0 saturated heterocycles. The van der Waals surface area contributed by atoms with Crippen molar-refractivity contribution < 1.29 is 28.7 Å². The predicted molar refractivity (Wildman–Crippen MR) is 161 cm³/mol. The van der Waals surface area contributed by atoms with Gasteiger partial charge in [-0.05, 0) is 70.6 Å².